The molecule has 0 saturated carbocycles. The van der Waals surface area contributed by atoms with Gasteiger partial charge in [0.25, 0.3) is 0 Å². The summed E-state index contributed by atoms with van der Waals surface area (Å²) >= 11 is 3.85. The van der Waals surface area contributed by atoms with E-state index >= 15 is 0 Å². The molecule has 0 spiro atoms. The highest BCUT2D eigenvalue weighted by Gasteiger charge is 1.96. The smallest absolute Gasteiger partial charge is 0.0896 e. The molecule has 0 bridgehead atoms. The van der Waals surface area contributed by atoms with Crippen LogP contribution in [0, 0.1) is 22.7 Å². The second-order valence-corrected chi connectivity index (χ2v) is 1.97. The minimum Gasteiger partial charge on any atom is -0.198 e. The first kappa shape index (κ1) is 7.33. The first-order chi connectivity index (χ1) is 3.81. The van der Waals surface area contributed by atoms with Gasteiger partial charge in [-0.1, -0.05) is 0 Å². The summed E-state index contributed by atoms with van der Waals surface area (Å²) < 4.78 is 0. The Morgan fingerprint density at radius 2 is 2.12 bits per heavy atom. The van der Waals surface area contributed by atoms with Crippen LogP contribution >= 0.6 is 12.6 Å². The third-order valence-corrected chi connectivity index (χ3v) is 1.05. The second-order valence-electron chi connectivity index (χ2n) is 1.34. The molecule has 0 aliphatic rings. The van der Waals surface area contributed by atoms with Crippen LogP contribution in [0.2, 0.25) is 0 Å². The highest BCUT2D eigenvalue weighted by Crippen LogP contribution is 2.00. The molecule has 0 N–H and O–H groups in total. The van der Waals surface area contributed by atoms with Gasteiger partial charge >= 0.3 is 0 Å². The summed E-state index contributed by atoms with van der Waals surface area (Å²) in [6.45, 7) is 0. The molecule has 3 heteroatoms. The number of nitrogens with zero attached hydrogens (tertiary/aromatic N) is 2. The lowest BCUT2D eigenvalue weighted by Gasteiger charge is -1.90. The monoisotopic (exact) mass is 126 g/mol. The third kappa shape index (κ3) is 3.52. The Balaban J connectivity index is 3.18. The fraction of sp³-hybridized carbons (Fsp3) is 0.600. The van der Waals surface area contributed by atoms with Crippen molar-refractivity contribution in [1.29, 1.82) is 10.5 Å². The van der Waals surface area contributed by atoms with Crippen molar-refractivity contribution in [3.05, 3.63) is 0 Å². The van der Waals surface area contributed by atoms with E-state index in [1.165, 1.54) is 0 Å². The van der Waals surface area contributed by atoms with E-state index in [-0.39, 0.29) is 5.25 Å². The molecule has 0 fully saturated rings. The molecule has 0 aromatic carbocycles. The Labute approximate surface area is 54.1 Å². The summed E-state index contributed by atoms with van der Waals surface area (Å²) in [4.78, 5) is 0. The summed E-state index contributed by atoms with van der Waals surface area (Å²) in [5, 5.41) is 15.9. The molecular weight excluding hydrogens is 120 g/mol. The fourth-order valence-electron chi connectivity index (χ4n) is 0.266. The van der Waals surface area contributed by atoms with Crippen molar-refractivity contribution in [3.8, 4) is 12.1 Å². The molecule has 0 aliphatic carbocycles. The van der Waals surface area contributed by atoms with Crippen molar-refractivity contribution < 1.29 is 0 Å². The van der Waals surface area contributed by atoms with Gasteiger partial charge in [0.2, 0.25) is 0 Å². The predicted molar refractivity (Wildman–Crippen MR) is 33.2 cm³/mol. The molecule has 2 nitrogen and oxygen atoms in total. The zero-order valence-electron chi connectivity index (χ0n) is 4.33. The largest absolute Gasteiger partial charge is 0.198 e. The van der Waals surface area contributed by atoms with Crippen LogP contribution in [0.15, 0.2) is 0 Å². The van der Waals surface area contributed by atoms with Gasteiger partial charge < -0.3 is 0 Å². The first-order valence-electron chi connectivity index (χ1n) is 2.26. The van der Waals surface area contributed by atoms with Gasteiger partial charge in [0.15, 0.2) is 0 Å². The normalized spacial score (nSPS) is 11.4. The van der Waals surface area contributed by atoms with Gasteiger partial charge in [-0.2, -0.15) is 23.2 Å². The molecule has 0 saturated heterocycles. The van der Waals surface area contributed by atoms with E-state index < -0.39 is 0 Å². The van der Waals surface area contributed by atoms with Gasteiger partial charge in [-0.05, 0) is 6.42 Å². The van der Waals surface area contributed by atoms with Gasteiger partial charge in [-0.3, -0.25) is 0 Å². The molecule has 0 rings (SSSR count). The van der Waals surface area contributed by atoms with Crippen molar-refractivity contribution in [2.24, 2.45) is 0 Å². The van der Waals surface area contributed by atoms with E-state index in [2.05, 4.69) is 12.6 Å². The quantitative estimate of drug-likeness (QED) is 0.563. The molecule has 0 aromatic heterocycles. The van der Waals surface area contributed by atoms with E-state index in [9.17, 15) is 0 Å². The average Bonchev–Trinajstić information content (AvgIpc) is 1.83. The van der Waals surface area contributed by atoms with Gasteiger partial charge in [-0.25, -0.2) is 0 Å². The Morgan fingerprint density at radius 3 is 2.50 bits per heavy atom. The Bertz CT molecular complexity index is 130. The van der Waals surface area contributed by atoms with Crippen LogP contribution in [-0.2, 0) is 0 Å². The molecule has 0 heterocycles. The highest BCUT2D eigenvalue weighted by molar-refractivity contribution is 7.81. The van der Waals surface area contributed by atoms with Crippen LogP contribution in [0.4, 0.5) is 0 Å². The number of hydrogen-bond acceptors (Lipinski definition) is 3. The summed E-state index contributed by atoms with van der Waals surface area (Å²) in [5.74, 6) is 0. The average molecular weight is 126 g/mol. The second kappa shape index (κ2) is 4.49. The molecule has 0 amide bonds. The zero-order valence-corrected chi connectivity index (χ0v) is 5.23. The standard InChI is InChI=1S/C5H6N2S/c6-3-1-2-5(8)4-7/h5,8H,1-2H2. The van der Waals surface area contributed by atoms with E-state index in [0.717, 1.165) is 0 Å². The molecule has 0 aliphatic heterocycles. The maximum Gasteiger partial charge on any atom is 0.0896 e. The molecular formula is C5H6N2S. The van der Waals surface area contributed by atoms with Gasteiger partial charge in [-0.15, -0.1) is 0 Å². The van der Waals surface area contributed by atoms with E-state index in [0.29, 0.717) is 12.8 Å². The summed E-state index contributed by atoms with van der Waals surface area (Å²) in [7, 11) is 0. The number of nitriles is 2. The Morgan fingerprint density at radius 1 is 1.50 bits per heavy atom. The number of rotatable bonds is 2. The van der Waals surface area contributed by atoms with Gasteiger partial charge in [0, 0.05) is 6.42 Å². The molecule has 0 radical (unpaired) electrons. The van der Waals surface area contributed by atoms with Crippen LogP contribution in [0.5, 0.6) is 0 Å². The minimum atomic E-state index is -0.269. The number of thiol groups is 1. The third-order valence-electron chi connectivity index (χ3n) is 0.679. The Hall–Kier alpha value is -0.670. The van der Waals surface area contributed by atoms with Crippen LogP contribution in [0.25, 0.3) is 0 Å². The fourth-order valence-corrected chi connectivity index (χ4v) is 0.395. The lowest BCUT2D eigenvalue weighted by molar-refractivity contribution is 0.904. The highest BCUT2D eigenvalue weighted by atomic mass is 32.1. The van der Waals surface area contributed by atoms with E-state index in [1.54, 1.807) is 0 Å². The molecule has 42 valence electrons. The molecule has 1 unspecified atom stereocenters. The van der Waals surface area contributed by atoms with Crippen LogP contribution < -0.4 is 0 Å². The molecule has 0 aromatic rings. The van der Waals surface area contributed by atoms with Crippen LogP contribution in [0.3, 0.4) is 0 Å². The van der Waals surface area contributed by atoms with Crippen molar-refractivity contribution in [2.75, 3.05) is 0 Å². The topological polar surface area (TPSA) is 47.6 Å². The van der Waals surface area contributed by atoms with Crippen molar-refractivity contribution in [2.45, 2.75) is 18.1 Å². The van der Waals surface area contributed by atoms with Gasteiger partial charge in [0.1, 0.15) is 0 Å². The van der Waals surface area contributed by atoms with E-state index in [4.69, 9.17) is 10.5 Å². The first-order valence-corrected chi connectivity index (χ1v) is 2.77. The maximum atomic E-state index is 8.13. The lowest BCUT2D eigenvalue weighted by atomic mass is 10.3. The number of hydrogen-bond donors (Lipinski definition) is 1. The minimum absolute atomic E-state index is 0.269. The van der Waals surface area contributed by atoms with Crippen LogP contribution in [-0.4, -0.2) is 5.25 Å². The molecule has 8 heavy (non-hydrogen) atoms. The Kier molecular flexibility index (Phi) is 4.11. The summed E-state index contributed by atoms with van der Waals surface area (Å²) in [6.07, 6.45) is 0.984. The predicted octanol–water partition coefficient (Wildman–Crippen LogP) is 1.11. The summed E-state index contributed by atoms with van der Waals surface area (Å²) in [6, 6.07) is 3.85. The zero-order chi connectivity index (χ0) is 6.41. The maximum absolute atomic E-state index is 8.13. The van der Waals surface area contributed by atoms with Crippen molar-refractivity contribution in [1.82, 2.24) is 0 Å². The van der Waals surface area contributed by atoms with Crippen molar-refractivity contribution >= 4 is 12.6 Å². The SMILES string of the molecule is N#CCCC(S)C#N. The lowest BCUT2D eigenvalue weighted by Crippen LogP contribution is -1.90. The van der Waals surface area contributed by atoms with Crippen molar-refractivity contribution in [3.63, 3.8) is 0 Å². The van der Waals surface area contributed by atoms with E-state index in [1.807, 2.05) is 12.1 Å². The van der Waals surface area contributed by atoms with Gasteiger partial charge in [0.05, 0.1) is 17.4 Å². The molecule has 1 atom stereocenters. The summed E-state index contributed by atoms with van der Waals surface area (Å²) in [5.41, 5.74) is 0. The van der Waals surface area contributed by atoms with Crippen LogP contribution in [0.1, 0.15) is 12.8 Å².